The number of rotatable bonds is 6. The summed E-state index contributed by atoms with van der Waals surface area (Å²) >= 11 is 0. The first kappa shape index (κ1) is 36.1. The molecular weight excluding hydrogens is 714 g/mol. The number of anilines is 4. The number of nitrogens with zero attached hydrogens (tertiary/aromatic N) is 9. The van der Waals surface area contributed by atoms with E-state index in [9.17, 15) is 22.4 Å². The molecule has 0 aliphatic carbocycles. The van der Waals surface area contributed by atoms with Gasteiger partial charge in [-0.25, -0.2) is 57.2 Å². The summed E-state index contributed by atoms with van der Waals surface area (Å²) in [6, 6.07) is 20.9. The Labute approximate surface area is 311 Å². The van der Waals surface area contributed by atoms with Crippen LogP contribution in [-0.2, 0) is 14.1 Å². The second-order valence-electron chi connectivity index (χ2n) is 12.5. The van der Waals surface area contributed by atoms with Crippen molar-refractivity contribution in [3.05, 3.63) is 132 Å². The van der Waals surface area contributed by atoms with Crippen LogP contribution in [0.3, 0.4) is 0 Å². The van der Waals surface area contributed by atoms with E-state index < -0.39 is 35.0 Å². The number of hydrogen-bond donors (Lipinski definition) is 2. The number of carbonyl (C=O) groups excluding carboxylic acids is 1. The van der Waals surface area contributed by atoms with E-state index in [0.717, 1.165) is 28.8 Å². The van der Waals surface area contributed by atoms with Gasteiger partial charge in [0.1, 0.15) is 34.6 Å². The van der Waals surface area contributed by atoms with Gasteiger partial charge in [0.05, 0.1) is 12.7 Å². The maximum absolute atomic E-state index is 14.5. The summed E-state index contributed by atoms with van der Waals surface area (Å²) in [5.74, 6) is -2.47. The average Bonchev–Trinajstić information content (AvgIpc) is 3.73. The smallest absolute Gasteiger partial charge is 0.325 e. The zero-order chi connectivity index (χ0) is 39.0. The summed E-state index contributed by atoms with van der Waals surface area (Å²) in [5.41, 5.74) is 9.80. The van der Waals surface area contributed by atoms with E-state index >= 15 is 0 Å². The number of amides is 2. The van der Waals surface area contributed by atoms with Gasteiger partial charge in [-0.15, -0.1) is 0 Å². The second-order valence-corrected chi connectivity index (χ2v) is 12.5. The molecule has 4 heterocycles. The highest BCUT2D eigenvalue weighted by Gasteiger charge is 2.28. The Hall–Kier alpha value is -7.23. The van der Waals surface area contributed by atoms with Gasteiger partial charge in [0.25, 0.3) is 0 Å². The number of fused-ring (bicyclic) bond motifs is 2. The van der Waals surface area contributed by atoms with Crippen molar-refractivity contribution in [1.29, 1.82) is 0 Å². The lowest BCUT2D eigenvalue weighted by Crippen LogP contribution is -2.34. The number of hydrogen-bond acceptors (Lipinski definition) is 8. The average molecular weight is 746 g/mol. The minimum Gasteiger partial charge on any atom is -0.351 e. The standard InChI is InChI=1S/C20H16F2N6O.C19H15F2N5/c1-11-6-8-12(9-7-11)17-25-18-15(24-10-27(18)2)19(26-17)28(20(23)29)16-13(21)4-3-5-14(16)22;1-11-6-8-12(9-7-11)17-24-18(16-19(25-17)26(2)10-22-16)23-15-13(20)4-3-5-14(15)21/h3-10H,1-2H3,(H2,23,29);3-10H,1-2H3,(H,23,24,25). The molecule has 0 atom stereocenters. The normalized spacial score (nSPS) is 11.1. The maximum atomic E-state index is 14.5. The lowest BCUT2D eigenvalue weighted by atomic mass is 10.1. The fourth-order valence-corrected chi connectivity index (χ4v) is 5.66. The van der Waals surface area contributed by atoms with Gasteiger partial charge in [-0.05, 0) is 38.1 Å². The van der Waals surface area contributed by atoms with Gasteiger partial charge in [0, 0.05) is 25.2 Å². The molecule has 0 aliphatic rings. The highest BCUT2D eigenvalue weighted by molar-refractivity contribution is 6.04. The molecule has 4 aromatic carbocycles. The number of urea groups is 1. The molecule has 2 amide bonds. The maximum Gasteiger partial charge on any atom is 0.325 e. The molecule has 0 aliphatic heterocycles. The van der Waals surface area contributed by atoms with Gasteiger partial charge in [0.2, 0.25) is 0 Å². The highest BCUT2D eigenvalue weighted by atomic mass is 19.1. The van der Waals surface area contributed by atoms with Crippen LogP contribution in [0.15, 0.2) is 97.6 Å². The molecule has 4 aromatic heterocycles. The molecule has 0 saturated heterocycles. The molecular formula is C39H31F4N11O. The summed E-state index contributed by atoms with van der Waals surface area (Å²) < 4.78 is 60.4. The van der Waals surface area contributed by atoms with Crippen LogP contribution in [0.2, 0.25) is 0 Å². The van der Waals surface area contributed by atoms with Crippen molar-refractivity contribution in [1.82, 2.24) is 39.0 Å². The summed E-state index contributed by atoms with van der Waals surface area (Å²) in [7, 11) is 3.51. The number of primary amides is 1. The quantitative estimate of drug-likeness (QED) is 0.162. The van der Waals surface area contributed by atoms with Gasteiger partial charge < -0.3 is 20.2 Å². The fourth-order valence-electron chi connectivity index (χ4n) is 5.66. The number of aromatic nitrogens is 8. The lowest BCUT2D eigenvalue weighted by Gasteiger charge is -2.21. The van der Waals surface area contributed by atoms with Crippen LogP contribution < -0.4 is 16.0 Å². The van der Waals surface area contributed by atoms with Crippen molar-refractivity contribution in [2.45, 2.75) is 13.8 Å². The number of imidazole rings is 2. The molecule has 0 spiro atoms. The Morgan fingerprint density at radius 3 is 1.60 bits per heavy atom. The van der Waals surface area contributed by atoms with Crippen molar-refractivity contribution >= 4 is 51.4 Å². The Morgan fingerprint density at radius 1 is 0.636 bits per heavy atom. The minimum absolute atomic E-state index is 0.109. The Morgan fingerprint density at radius 2 is 1.09 bits per heavy atom. The second kappa shape index (κ2) is 14.7. The third kappa shape index (κ3) is 7.12. The molecule has 3 N–H and O–H groups in total. The van der Waals surface area contributed by atoms with E-state index in [4.69, 9.17) is 5.73 Å². The van der Waals surface area contributed by atoms with Crippen LogP contribution >= 0.6 is 0 Å². The monoisotopic (exact) mass is 745 g/mol. The summed E-state index contributed by atoms with van der Waals surface area (Å²) in [6.45, 7) is 3.93. The number of benzene rings is 4. The molecule has 55 heavy (non-hydrogen) atoms. The van der Waals surface area contributed by atoms with Crippen LogP contribution in [0.4, 0.5) is 45.4 Å². The van der Waals surface area contributed by atoms with E-state index in [-0.39, 0.29) is 28.7 Å². The van der Waals surface area contributed by atoms with E-state index in [1.807, 2.05) is 62.4 Å². The predicted molar refractivity (Wildman–Crippen MR) is 201 cm³/mol. The predicted octanol–water partition coefficient (Wildman–Crippen LogP) is 8.19. The first-order chi connectivity index (χ1) is 26.4. The van der Waals surface area contributed by atoms with E-state index in [1.165, 1.54) is 30.6 Å². The third-order valence-corrected chi connectivity index (χ3v) is 8.52. The zero-order valence-electron chi connectivity index (χ0n) is 29.8. The van der Waals surface area contributed by atoms with Crippen LogP contribution in [-0.4, -0.2) is 45.1 Å². The highest BCUT2D eigenvalue weighted by Crippen LogP contribution is 2.35. The molecule has 0 radical (unpaired) electrons. The topological polar surface area (TPSA) is 146 Å². The molecule has 0 bridgehead atoms. The van der Waals surface area contributed by atoms with Crippen LogP contribution in [0.25, 0.3) is 45.1 Å². The van der Waals surface area contributed by atoms with Gasteiger partial charge in [-0.2, -0.15) is 0 Å². The molecule has 12 nitrogen and oxygen atoms in total. The summed E-state index contributed by atoms with van der Waals surface area (Å²) in [6.07, 6.45) is 3.06. The SMILES string of the molecule is Cc1ccc(-c2nc(N(C(N)=O)c3c(F)cccc3F)c3ncn(C)c3n2)cc1.Cc1ccc(-c2nc(Nc3c(F)cccc3F)c3ncn(C)c3n2)cc1. The molecule has 0 saturated carbocycles. The van der Waals surface area contributed by atoms with Crippen molar-refractivity contribution in [3.63, 3.8) is 0 Å². The molecule has 0 unspecified atom stereocenters. The minimum atomic E-state index is -1.10. The lowest BCUT2D eigenvalue weighted by molar-refractivity contribution is 0.255. The summed E-state index contributed by atoms with van der Waals surface area (Å²) in [5, 5.41) is 2.74. The van der Waals surface area contributed by atoms with Crippen molar-refractivity contribution in [2.24, 2.45) is 19.8 Å². The van der Waals surface area contributed by atoms with Crippen molar-refractivity contribution in [3.8, 4) is 22.8 Å². The van der Waals surface area contributed by atoms with Gasteiger partial charge >= 0.3 is 6.03 Å². The molecule has 0 fully saturated rings. The Bertz CT molecular complexity index is 2670. The zero-order valence-corrected chi connectivity index (χ0v) is 29.8. The Balaban J connectivity index is 0.000000170. The third-order valence-electron chi connectivity index (χ3n) is 8.52. The van der Waals surface area contributed by atoms with E-state index in [0.29, 0.717) is 33.1 Å². The van der Waals surface area contributed by atoms with E-state index in [1.54, 1.807) is 29.6 Å². The van der Waals surface area contributed by atoms with Crippen LogP contribution in [0, 0.1) is 37.1 Å². The number of para-hydroxylation sites is 2. The summed E-state index contributed by atoms with van der Waals surface area (Å²) in [4.78, 5) is 39.3. The Kier molecular flexibility index (Phi) is 9.63. The van der Waals surface area contributed by atoms with E-state index in [2.05, 4.69) is 35.2 Å². The molecule has 276 valence electrons. The van der Waals surface area contributed by atoms with Gasteiger partial charge in [0.15, 0.2) is 45.6 Å². The molecule has 16 heteroatoms. The largest absolute Gasteiger partial charge is 0.351 e. The number of nitrogens with one attached hydrogen (secondary N) is 1. The van der Waals surface area contributed by atoms with Crippen LogP contribution in [0.1, 0.15) is 11.1 Å². The van der Waals surface area contributed by atoms with Gasteiger partial charge in [-0.1, -0.05) is 71.8 Å². The first-order valence-corrected chi connectivity index (χ1v) is 16.7. The van der Waals surface area contributed by atoms with Crippen molar-refractivity contribution in [2.75, 3.05) is 10.2 Å². The number of halogens is 4. The fraction of sp³-hybridized carbons (Fsp3) is 0.103. The number of aryl methyl sites for hydroxylation is 4. The number of carbonyl (C=O) groups is 1. The first-order valence-electron chi connectivity index (χ1n) is 16.7. The molecule has 8 rings (SSSR count). The van der Waals surface area contributed by atoms with Crippen LogP contribution in [0.5, 0.6) is 0 Å². The number of nitrogens with two attached hydrogens (primary N) is 1. The van der Waals surface area contributed by atoms with Gasteiger partial charge in [-0.3, -0.25) is 0 Å². The molecule has 8 aromatic rings. The van der Waals surface area contributed by atoms with Crippen molar-refractivity contribution < 1.29 is 22.4 Å².